The Balaban J connectivity index is 2.52. The molecule has 6 nitrogen and oxygen atoms in total. The first-order valence-electron chi connectivity index (χ1n) is 3.85. The monoisotopic (exact) mass is 179 g/mol. The molecule has 0 aliphatic carbocycles. The molecule has 2 heterocycles. The third kappa shape index (κ3) is 1.20. The van der Waals surface area contributed by atoms with Gasteiger partial charge in [0.1, 0.15) is 0 Å². The van der Waals surface area contributed by atoms with E-state index >= 15 is 0 Å². The number of hydrogen-bond donors (Lipinski definition) is 0. The van der Waals surface area contributed by atoms with Gasteiger partial charge < -0.3 is 4.52 Å². The van der Waals surface area contributed by atoms with Gasteiger partial charge in [-0.1, -0.05) is 10.4 Å². The molecule has 0 aromatic carbocycles. The van der Waals surface area contributed by atoms with Gasteiger partial charge in [0.05, 0.1) is 5.69 Å². The molecule has 2 aromatic rings. The van der Waals surface area contributed by atoms with Crippen LogP contribution in [0.15, 0.2) is 4.52 Å². The number of hydrogen-bond acceptors (Lipinski definition) is 5. The smallest absolute Gasteiger partial charge is 0.280 e. The predicted octanol–water partition coefficient (Wildman–Crippen LogP) is 0.482. The van der Waals surface area contributed by atoms with Crippen LogP contribution in [0, 0.1) is 13.8 Å². The summed E-state index contributed by atoms with van der Waals surface area (Å²) in [5.74, 6) is 1.02. The minimum absolute atomic E-state index is 0.420. The van der Waals surface area contributed by atoms with Crippen LogP contribution in [-0.4, -0.2) is 25.1 Å². The van der Waals surface area contributed by atoms with Crippen molar-refractivity contribution in [1.82, 2.24) is 25.1 Å². The molecule has 0 atom stereocenters. The van der Waals surface area contributed by atoms with Gasteiger partial charge in [-0.05, 0) is 13.8 Å². The summed E-state index contributed by atoms with van der Waals surface area (Å²) in [7, 11) is 1.81. The summed E-state index contributed by atoms with van der Waals surface area (Å²) in [6, 6.07) is 0. The molecule has 0 aliphatic rings. The number of rotatable bonds is 1. The van der Waals surface area contributed by atoms with Crippen molar-refractivity contribution >= 4 is 0 Å². The molecule has 0 amide bonds. The van der Waals surface area contributed by atoms with Crippen molar-refractivity contribution in [3.05, 3.63) is 11.5 Å². The maximum Gasteiger partial charge on any atom is 0.280 e. The Morgan fingerprint density at radius 1 is 1.31 bits per heavy atom. The van der Waals surface area contributed by atoms with Crippen molar-refractivity contribution in [3.8, 4) is 11.6 Å². The van der Waals surface area contributed by atoms with Gasteiger partial charge in [-0.25, -0.2) is 0 Å². The molecule has 0 bridgehead atoms. The van der Waals surface area contributed by atoms with Crippen LogP contribution in [0.4, 0.5) is 0 Å². The van der Waals surface area contributed by atoms with Crippen molar-refractivity contribution in [2.24, 2.45) is 7.05 Å². The molecule has 68 valence electrons. The highest BCUT2D eigenvalue weighted by Gasteiger charge is 2.14. The van der Waals surface area contributed by atoms with E-state index in [-0.39, 0.29) is 0 Å². The van der Waals surface area contributed by atoms with Crippen molar-refractivity contribution in [3.63, 3.8) is 0 Å². The second kappa shape index (κ2) is 2.65. The molecule has 0 spiro atoms. The minimum Gasteiger partial charge on any atom is -0.332 e. The van der Waals surface area contributed by atoms with Gasteiger partial charge in [0, 0.05) is 7.05 Å². The van der Waals surface area contributed by atoms with Crippen molar-refractivity contribution in [1.29, 1.82) is 0 Å². The first kappa shape index (κ1) is 7.90. The summed E-state index contributed by atoms with van der Waals surface area (Å²) in [6.45, 7) is 3.66. The minimum atomic E-state index is 0.420. The summed E-state index contributed by atoms with van der Waals surface area (Å²) in [6.07, 6.45) is 0. The van der Waals surface area contributed by atoms with E-state index in [0.29, 0.717) is 17.4 Å². The van der Waals surface area contributed by atoms with Gasteiger partial charge in [0.15, 0.2) is 11.5 Å². The van der Waals surface area contributed by atoms with E-state index in [9.17, 15) is 0 Å². The molecule has 6 heteroatoms. The highest BCUT2D eigenvalue weighted by Crippen LogP contribution is 2.16. The maximum absolute atomic E-state index is 4.97. The summed E-state index contributed by atoms with van der Waals surface area (Å²) >= 11 is 0. The van der Waals surface area contributed by atoms with Gasteiger partial charge in [0.2, 0.25) is 0 Å². The highest BCUT2D eigenvalue weighted by atomic mass is 16.5. The zero-order valence-electron chi connectivity index (χ0n) is 7.64. The maximum atomic E-state index is 4.97. The van der Waals surface area contributed by atoms with Crippen molar-refractivity contribution in [2.75, 3.05) is 0 Å². The van der Waals surface area contributed by atoms with E-state index in [1.54, 1.807) is 11.6 Å². The fraction of sp³-hybridized carbons (Fsp3) is 0.429. The standard InChI is InChI=1S/C7H9N5O/c1-4-6(9-11-12(4)3)7-8-5(2)10-13-7/h1-3H3. The van der Waals surface area contributed by atoms with Crippen LogP contribution in [0.1, 0.15) is 11.5 Å². The van der Waals surface area contributed by atoms with Crippen LogP contribution < -0.4 is 0 Å². The fourth-order valence-electron chi connectivity index (χ4n) is 0.995. The van der Waals surface area contributed by atoms with Gasteiger partial charge in [0.25, 0.3) is 5.89 Å². The number of aromatic nitrogens is 5. The van der Waals surface area contributed by atoms with Crippen molar-refractivity contribution < 1.29 is 4.52 Å². The average Bonchev–Trinajstić information content (AvgIpc) is 2.62. The molecular weight excluding hydrogens is 170 g/mol. The largest absolute Gasteiger partial charge is 0.332 e. The Labute approximate surface area is 74.6 Å². The third-order valence-electron chi connectivity index (χ3n) is 1.84. The average molecular weight is 179 g/mol. The molecule has 0 N–H and O–H groups in total. The Morgan fingerprint density at radius 2 is 2.08 bits per heavy atom. The molecule has 0 radical (unpaired) electrons. The van der Waals surface area contributed by atoms with Gasteiger partial charge in [-0.15, -0.1) is 5.10 Å². The Bertz CT molecular complexity index is 430. The number of aryl methyl sites for hydroxylation is 2. The topological polar surface area (TPSA) is 69.6 Å². The molecule has 13 heavy (non-hydrogen) atoms. The predicted molar refractivity (Wildman–Crippen MR) is 43.8 cm³/mol. The zero-order valence-corrected chi connectivity index (χ0v) is 7.64. The van der Waals surface area contributed by atoms with E-state index in [4.69, 9.17) is 4.52 Å². The van der Waals surface area contributed by atoms with E-state index in [0.717, 1.165) is 5.69 Å². The third-order valence-corrected chi connectivity index (χ3v) is 1.84. The molecule has 2 rings (SSSR count). The summed E-state index contributed by atoms with van der Waals surface area (Å²) in [5.41, 5.74) is 1.55. The molecule has 0 saturated heterocycles. The lowest BCUT2D eigenvalue weighted by molar-refractivity contribution is 0.424. The number of nitrogens with zero attached hydrogens (tertiary/aromatic N) is 5. The van der Waals surface area contributed by atoms with Gasteiger partial charge >= 0.3 is 0 Å². The summed E-state index contributed by atoms with van der Waals surface area (Å²) in [4.78, 5) is 4.06. The zero-order chi connectivity index (χ0) is 9.42. The highest BCUT2D eigenvalue weighted by molar-refractivity contribution is 5.48. The molecule has 0 unspecified atom stereocenters. The van der Waals surface area contributed by atoms with Crippen LogP contribution in [0.25, 0.3) is 11.6 Å². The van der Waals surface area contributed by atoms with Crippen LogP contribution >= 0.6 is 0 Å². The fourth-order valence-corrected chi connectivity index (χ4v) is 0.995. The Morgan fingerprint density at radius 3 is 2.54 bits per heavy atom. The molecule has 0 saturated carbocycles. The van der Waals surface area contributed by atoms with E-state index < -0.39 is 0 Å². The first-order chi connectivity index (χ1) is 6.18. The van der Waals surface area contributed by atoms with Crippen molar-refractivity contribution in [2.45, 2.75) is 13.8 Å². The van der Waals surface area contributed by atoms with Gasteiger partial charge in [-0.3, -0.25) is 4.68 Å². The Hall–Kier alpha value is -1.72. The van der Waals surface area contributed by atoms with Crippen LogP contribution in [-0.2, 0) is 7.05 Å². The molecule has 0 fully saturated rings. The first-order valence-corrected chi connectivity index (χ1v) is 3.85. The normalized spacial score (nSPS) is 10.7. The Kier molecular flexibility index (Phi) is 1.61. The van der Waals surface area contributed by atoms with Crippen LogP contribution in [0.5, 0.6) is 0 Å². The van der Waals surface area contributed by atoms with Crippen LogP contribution in [0.2, 0.25) is 0 Å². The van der Waals surface area contributed by atoms with Gasteiger partial charge in [-0.2, -0.15) is 4.98 Å². The summed E-state index contributed by atoms with van der Waals surface area (Å²) in [5, 5.41) is 11.4. The molecular formula is C7H9N5O. The van der Waals surface area contributed by atoms with E-state index in [1.807, 2.05) is 14.0 Å². The lowest BCUT2D eigenvalue weighted by Crippen LogP contribution is -1.92. The van der Waals surface area contributed by atoms with E-state index in [1.165, 1.54) is 0 Å². The lowest BCUT2D eigenvalue weighted by Gasteiger charge is -1.90. The second-order valence-electron chi connectivity index (χ2n) is 2.79. The lowest BCUT2D eigenvalue weighted by atomic mass is 10.3. The van der Waals surface area contributed by atoms with E-state index in [2.05, 4.69) is 20.5 Å². The summed E-state index contributed by atoms with van der Waals surface area (Å²) < 4.78 is 6.63. The SMILES string of the molecule is Cc1noc(-c2nnn(C)c2C)n1. The van der Waals surface area contributed by atoms with Crippen LogP contribution in [0.3, 0.4) is 0 Å². The molecule has 2 aromatic heterocycles. The quantitative estimate of drug-likeness (QED) is 0.636. The second-order valence-corrected chi connectivity index (χ2v) is 2.79. The molecule has 0 aliphatic heterocycles.